The Kier molecular flexibility index (Phi) is 44.1. The number of ether oxygens (including phenoxy) is 2. The lowest BCUT2D eigenvalue weighted by molar-refractivity contribution is -0.870. The van der Waals surface area contributed by atoms with Crippen molar-refractivity contribution in [3.63, 3.8) is 0 Å². The number of nitrogens with zero attached hydrogens (tertiary/aromatic N) is 1. The second-order valence-corrected chi connectivity index (χ2v) is 20.3. The molecular formula is C53H100NO8P. The van der Waals surface area contributed by atoms with Crippen molar-refractivity contribution in [1.29, 1.82) is 0 Å². The molecule has 0 bridgehead atoms. The van der Waals surface area contributed by atoms with Crippen LogP contribution in [0.25, 0.3) is 0 Å². The average Bonchev–Trinajstić information content (AvgIpc) is 3.24. The molecule has 0 aromatic heterocycles. The zero-order valence-electron chi connectivity index (χ0n) is 41.8. The van der Waals surface area contributed by atoms with Crippen molar-refractivity contribution in [3.8, 4) is 0 Å². The Morgan fingerprint density at radius 2 is 0.857 bits per heavy atom. The number of quaternary nitrogens is 1. The zero-order chi connectivity index (χ0) is 46.4. The summed E-state index contributed by atoms with van der Waals surface area (Å²) < 4.78 is 34.0. The van der Waals surface area contributed by atoms with Gasteiger partial charge in [-0.1, -0.05) is 211 Å². The van der Waals surface area contributed by atoms with E-state index in [2.05, 4.69) is 50.3 Å². The number of phosphoric acid groups is 1. The van der Waals surface area contributed by atoms with Crippen LogP contribution in [0.3, 0.4) is 0 Å². The van der Waals surface area contributed by atoms with Gasteiger partial charge in [0, 0.05) is 12.8 Å². The highest BCUT2D eigenvalue weighted by atomic mass is 31.2. The quantitative estimate of drug-likeness (QED) is 0.0195. The molecule has 0 fully saturated rings. The summed E-state index contributed by atoms with van der Waals surface area (Å²) >= 11 is 0. The van der Waals surface area contributed by atoms with Gasteiger partial charge < -0.3 is 27.9 Å². The average molecular weight is 910 g/mol. The molecule has 0 aliphatic rings. The van der Waals surface area contributed by atoms with E-state index >= 15 is 0 Å². The van der Waals surface area contributed by atoms with Gasteiger partial charge in [0.1, 0.15) is 19.8 Å². The number of likely N-dealkylation sites (N-methyl/N-ethyl adjacent to an activating group) is 1. The first-order valence-corrected chi connectivity index (χ1v) is 27.7. The van der Waals surface area contributed by atoms with Crippen LogP contribution >= 0.6 is 7.82 Å². The van der Waals surface area contributed by atoms with E-state index in [4.69, 9.17) is 18.5 Å². The molecule has 370 valence electrons. The summed E-state index contributed by atoms with van der Waals surface area (Å²) in [5.41, 5.74) is 0. The normalized spacial score (nSPS) is 13.7. The first-order chi connectivity index (χ1) is 30.5. The summed E-state index contributed by atoms with van der Waals surface area (Å²) in [6, 6.07) is 0. The molecule has 0 aliphatic carbocycles. The molecule has 0 spiro atoms. The number of hydrogen-bond donors (Lipinski definition) is 0. The molecular weight excluding hydrogens is 810 g/mol. The molecule has 10 heteroatoms. The fourth-order valence-corrected chi connectivity index (χ4v) is 8.04. The van der Waals surface area contributed by atoms with Crippen LogP contribution in [0.2, 0.25) is 0 Å². The molecule has 0 saturated carbocycles. The Morgan fingerprint density at radius 3 is 1.30 bits per heavy atom. The summed E-state index contributed by atoms with van der Waals surface area (Å²) in [6.45, 7) is 4.21. The fraction of sp³-hybridized carbons (Fsp3) is 0.849. The van der Waals surface area contributed by atoms with Crippen molar-refractivity contribution >= 4 is 19.8 Å². The molecule has 0 aromatic rings. The first-order valence-electron chi connectivity index (χ1n) is 26.2. The summed E-state index contributed by atoms with van der Waals surface area (Å²) in [6.07, 6.45) is 53.2. The highest BCUT2D eigenvalue weighted by Crippen LogP contribution is 2.38. The van der Waals surface area contributed by atoms with Crippen LogP contribution in [-0.2, 0) is 32.7 Å². The van der Waals surface area contributed by atoms with Crippen LogP contribution in [0.15, 0.2) is 36.5 Å². The minimum Gasteiger partial charge on any atom is -0.756 e. The third-order valence-electron chi connectivity index (χ3n) is 11.4. The van der Waals surface area contributed by atoms with Gasteiger partial charge >= 0.3 is 11.9 Å². The first kappa shape index (κ1) is 61.2. The topological polar surface area (TPSA) is 111 Å². The maximum atomic E-state index is 12.7. The number of hydrogen-bond acceptors (Lipinski definition) is 8. The molecule has 63 heavy (non-hydrogen) atoms. The Hall–Kier alpha value is -1.77. The van der Waals surface area contributed by atoms with Gasteiger partial charge in [0.15, 0.2) is 6.10 Å². The number of carbonyl (C=O) groups is 2. The standard InChI is InChI=1S/C53H100NO8P/c1-6-8-10-12-14-16-18-20-22-24-25-26-27-28-30-31-33-35-37-39-41-43-45-52(55)59-49-51(50-61-63(57,58)60-48-47-54(3,4)5)62-53(56)46-44-42-40-38-36-34-32-29-23-21-19-17-15-13-11-9-7-2/h15,17,21,23,32,34,51H,6-14,16,18-20,22,24-31,33,35-50H2,1-5H3/b17-15+,23-21+,34-32+/t51-/m1/s1. The third kappa shape index (κ3) is 49.5. The number of esters is 2. The predicted octanol–water partition coefficient (Wildman–Crippen LogP) is 15.0. The molecule has 0 saturated heterocycles. The number of unbranched alkanes of at least 4 members (excludes halogenated alkanes) is 28. The molecule has 9 nitrogen and oxygen atoms in total. The van der Waals surface area contributed by atoms with Crippen LogP contribution in [0, 0.1) is 0 Å². The lowest BCUT2D eigenvalue weighted by Gasteiger charge is -2.28. The van der Waals surface area contributed by atoms with E-state index in [1.54, 1.807) is 0 Å². The van der Waals surface area contributed by atoms with Gasteiger partial charge in [0.25, 0.3) is 7.82 Å². The second kappa shape index (κ2) is 45.4. The minimum absolute atomic E-state index is 0.0345. The zero-order valence-corrected chi connectivity index (χ0v) is 42.7. The Morgan fingerprint density at radius 1 is 0.492 bits per heavy atom. The minimum atomic E-state index is -4.63. The number of carbonyl (C=O) groups excluding carboxylic acids is 2. The molecule has 0 heterocycles. The van der Waals surface area contributed by atoms with E-state index in [0.29, 0.717) is 17.4 Å². The second-order valence-electron chi connectivity index (χ2n) is 18.9. The third-order valence-corrected chi connectivity index (χ3v) is 12.4. The lowest BCUT2D eigenvalue weighted by Crippen LogP contribution is -2.37. The monoisotopic (exact) mass is 910 g/mol. The van der Waals surface area contributed by atoms with Gasteiger partial charge in [-0.15, -0.1) is 0 Å². The number of phosphoric ester groups is 1. The molecule has 0 aromatic carbocycles. The van der Waals surface area contributed by atoms with Crippen LogP contribution in [0.5, 0.6) is 0 Å². The number of rotatable bonds is 48. The summed E-state index contributed by atoms with van der Waals surface area (Å²) in [7, 11) is 1.16. The molecule has 0 N–H and O–H groups in total. The van der Waals surface area contributed by atoms with Crippen molar-refractivity contribution in [3.05, 3.63) is 36.5 Å². The summed E-state index contributed by atoms with van der Waals surface area (Å²) in [4.78, 5) is 37.7. The summed E-state index contributed by atoms with van der Waals surface area (Å²) in [5.74, 6) is -0.850. The van der Waals surface area contributed by atoms with Gasteiger partial charge in [0.2, 0.25) is 0 Å². The van der Waals surface area contributed by atoms with Crippen molar-refractivity contribution in [2.75, 3.05) is 47.5 Å². The van der Waals surface area contributed by atoms with Crippen molar-refractivity contribution in [2.45, 2.75) is 245 Å². The highest BCUT2D eigenvalue weighted by Gasteiger charge is 2.21. The van der Waals surface area contributed by atoms with Crippen LogP contribution in [-0.4, -0.2) is 70.0 Å². The van der Waals surface area contributed by atoms with E-state index in [9.17, 15) is 19.0 Å². The van der Waals surface area contributed by atoms with E-state index in [1.165, 1.54) is 148 Å². The molecule has 0 rings (SSSR count). The molecule has 1 unspecified atom stereocenters. The SMILES string of the molecule is CCCCC/C=C/C/C=C/C/C=C/CCCCCCC(=O)O[C@H](COC(=O)CCCCCCCCCCCCCCCCCCCCCCCC)COP(=O)([O-])OCC[N+](C)(C)C. The maximum Gasteiger partial charge on any atom is 0.306 e. The predicted molar refractivity (Wildman–Crippen MR) is 264 cm³/mol. The van der Waals surface area contributed by atoms with E-state index < -0.39 is 26.5 Å². The van der Waals surface area contributed by atoms with Gasteiger partial charge in [-0.05, 0) is 51.4 Å². The van der Waals surface area contributed by atoms with Crippen molar-refractivity contribution in [2.24, 2.45) is 0 Å². The smallest absolute Gasteiger partial charge is 0.306 e. The van der Waals surface area contributed by atoms with Crippen LogP contribution in [0.1, 0.15) is 239 Å². The molecule has 0 radical (unpaired) electrons. The van der Waals surface area contributed by atoms with Crippen molar-refractivity contribution in [1.82, 2.24) is 0 Å². The molecule has 2 atom stereocenters. The fourth-order valence-electron chi connectivity index (χ4n) is 7.31. The number of allylic oxidation sites excluding steroid dienone is 6. The van der Waals surface area contributed by atoms with Crippen molar-refractivity contribution < 1.29 is 42.1 Å². The van der Waals surface area contributed by atoms with Gasteiger partial charge in [-0.3, -0.25) is 14.2 Å². The van der Waals surface area contributed by atoms with E-state index in [-0.39, 0.29) is 32.0 Å². The van der Waals surface area contributed by atoms with Crippen LogP contribution in [0.4, 0.5) is 0 Å². The lowest BCUT2D eigenvalue weighted by atomic mass is 10.0. The van der Waals surface area contributed by atoms with Gasteiger partial charge in [-0.25, -0.2) is 0 Å². The Bertz CT molecular complexity index is 1170. The van der Waals surface area contributed by atoms with Gasteiger partial charge in [-0.2, -0.15) is 0 Å². The van der Waals surface area contributed by atoms with Crippen LogP contribution < -0.4 is 4.89 Å². The highest BCUT2D eigenvalue weighted by molar-refractivity contribution is 7.45. The summed E-state index contributed by atoms with van der Waals surface area (Å²) in [5, 5.41) is 0. The van der Waals surface area contributed by atoms with E-state index in [1.807, 2.05) is 21.1 Å². The van der Waals surface area contributed by atoms with E-state index in [0.717, 1.165) is 57.8 Å². The molecule has 0 amide bonds. The largest absolute Gasteiger partial charge is 0.756 e. The Balaban J connectivity index is 4.23. The molecule has 0 aliphatic heterocycles. The Labute approximate surface area is 389 Å². The van der Waals surface area contributed by atoms with Gasteiger partial charge in [0.05, 0.1) is 27.7 Å². The maximum absolute atomic E-state index is 12.7.